The first-order valence-electron chi connectivity index (χ1n) is 9.55. The van der Waals surface area contributed by atoms with Gasteiger partial charge in [-0.2, -0.15) is 0 Å². The number of benzene rings is 1. The van der Waals surface area contributed by atoms with Crippen LogP contribution in [0.25, 0.3) is 0 Å². The van der Waals surface area contributed by atoms with Gasteiger partial charge in [0.25, 0.3) is 0 Å². The number of ether oxygens (including phenoxy) is 2. The summed E-state index contributed by atoms with van der Waals surface area (Å²) in [5.74, 6) is -1.03. The van der Waals surface area contributed by atoms with Gasteiger partial charge in [-0.15, -0.1) is 0 Å². The summed E-state index contributed by atoms with van der Waals surface area (Å²) in [6.07, 6.45) is 6.51. The lowest BCUT2D eigenvalue weighted by atomic mass is 9.77. The van der Waals surface area contributed by atoms with Gasteiger partial charge >= 0.3 is 11.9 Å². The van der Waals surface area contributed by atoms with Crippen LogP contribution in [0.4, 0.5) is 0 Å². The Morgan fingerprint density at radius 2 is 1.64 bits per heavy atom. The molecule has 0 heterocycles. The van der Waals surface area contributed by atoms with Crippen LogP contribution in [0, 0.1) is 11.8 Å². The average Bonchev–Trinajstić information content (AvgIpc) is 2.64. The quantitative estimate of drug-likeness (QED) is 0.514. The van der Waals surface area contributed by atoms with Crippen molar-refractivity contribution in [2.24, 2.45) is 11.8 Å². The molecule has 0 aliphatic heterocycles. The number of hydrogen-bond acceptors (Lipinski definition) is 4. The predicted molar refractivity (Wildman–Crippen MR) is 97.1 cm³/mol. The van der Waals surface area contributed by atoms with Crippen LogP contribution < -0.4 is 0 Å². The molecule has 4 heteroatoms. The summed E-state index contributed by atoms with van der Waals surface area (Å²) in [5, 5.41) is 0. The maximum Gasteiger partial charge on any atom is 0.320 e. The molecule has 0 N–H and O–H groups in total. The third-order valence-corrected chi connectivity index (χ3v) is 5.12. The number of esters is 2. The maximum absolute atomic E-state index is 12.4. The Balaban J connectivity index is 2.03. The lowest BCUT2D eigenvalue weighted by Crippen LogP contribution is -2.30. The minimum atomic E-state index is -0.817. The van der Waals surface area contributed by atoms with Gasteiger partial charge in [0.2, 0.25) is 0 Å². The van der Waals surface area contributed by atoms with Crippen molar-refractivity contribution in [2.45, 2.75) is 58.3 Å². The fourth-order valence-corrected chi connectivity index (χ4v) is 3.69. The second-order valence-electron chi connectivity index (χ2n) is 6.76. The van der Waals surface area contributed by atoms with Crippen LogP contribution in [0.5, 0.6) is 0 Å². The zero-order valence-electron chi connectivity index (χ0n) is 15.4. The van der Waals surface area contributed by atoms with E-state index in [2.05, 4.69) is 12.1 Å². The Bertz CT molecular complexity index is 534. The molecule has 4 nitrogen and oxygen atoms in total. The molecule has 138 valence electrons. The predicted octanol–water partition coefficient (Wildman–Crippen LogP) is 4.48. The Hall–Kier alpha value is -1.84. The van der Waals surface area contributed by atoms with Crippen LogP contribution in [0.2, 0.25) is 0 Å². The highest BCUT2D eigenvalue weighted by Gasteiger charge is 2.31. The highest BCUT2D eigenvalue weighted by molar-refractivity contribution is 5.94. The van der Waals surface area contributed by atoms with E-state index in [1.54, 1.807) is 13.8 Å². The van der Waals surface area contributed by atoms with Gasteiger partial charge in [0.15, 0.2) is 5.92 Å². The molecule has 0 amide bonds. The molecule has 0 saturated heterocycles. The maximum atomic E-state index is 12.4. The van der Waals surface area contributed by atoms with Crippen molar-refractivity contribution in [3.8, 4) is 0 Å². The molecule has 2 rings (SSSR count). The van der Waals surface area contributed by atoms with Crippen molar-refractivity contribution in [3.63, 3.8) is 0 Å². The van der Waals surface area contributed by atoms with Gasteiger partial charge in [-0.25, -0.2) is 0 Å². The molecule has 25 heavy (non-hydrogen) atoms. The van der Waals surface area contributed by atoms with Crippen molar-refractivity contribution in [2.75, 3.05) is 13.2 Å². The molecule has 1 fully saturated rings. The normalized spacial score (nSPS) is 17.5. The largest absolute Gasteiger partial charge is 0.465 e. The standard InChI is InChI=1S/C21H30O4/c1-3-18(20(22)24-4-2)21(23)25-15-19(16-11-7-5-8-12-16)17-13-9-6-10-14-17/h5,7-8,11-12,17-19H,3-4,6,9-10,13-15H2,1-2H3. The summed E-state index contributed by atoms with van der Waals surface area (Å²) < 4.78 is 10.6. The first kappa shape index (κ1) is 19.5. The molecular weight excluding hydrogens is 316 g/mol. The van der Waals surface area contributed by atoms with E-state index in [0.29, 0.717) is 18.9 Å². The number of carbonyl (C=O) groups is 2. The van der Waals surface area contributed by atoms with Crippen LogP contribution in [0.1, 0.15) is 63.9 Å². The fraction of sp³-hybridized carbons (Fsp3) is 0.619. The second-order valence-corrected chi connectivity index (χ2v) is 6.76. The van der Waals surface area contributed by atoms with Crippen LogP contribution >= 0.6 is 0 Å². The Labute approximate surface area is 150 Å². The summed E-state index contributed by atoms with van der Waals surface area (Å²) in [6, 6.07) is 10.3. The summed E-state index contributed by atoms with van der Waals surface area (Å²) in [6.45, 7) is 4.16. The minimum Gasteiger partial charge on any atom is -0.465 e. The van der Waals surface area contributed by atoms with Gasteiger partial charge in [-0.05, 0) is 37.7 Å². The molecular formula is C21H30O4. The molecule has 1 aliphatic carbocycles. The van der Waals surface area contributed by atoms with Crippen molar-refractivity contribution >= 4 is 11.9 Å². The molecule has 2 atom stereocenters. The van der Waals surface area contributed by atoms with E-state index in [4.69, 9.17) is 9.47 Å². The summed E-state index contributed by atoms with van der Waals surface area (Å²) in [4.78, 5) is 24.3. The van der Waals surface area contributed by atoms with E-state index in [1.807, 2.05) is 18.2 Å². The van der Waals surface area contributed by atoms with Crippen molar-refractivity contribution in [1.82, 2.24) is 0 Å². The fourth-order valence-electron chi connectivity index (χ4n) is 3.69. The smallest absolute Gasteiger partial charge is 0.320 e. The highest BCUT2D eigenvalue weighted by Crippen LogP contribution is 2.36. The van der Waals surface area contributed by atoms with Crippen LogP contribution in [0.15, 0.2) is 30.3 Å². The zero-order chi connectivity index (χ0) is 18.1. The summed E-state index contributed by atoms with van der Waals surface area (Å²) >= 11 is 0. The summed E-state index contributed by atoms with van der Waals surface area (Å²) in [5.41, 5.74) is 1.21. The molecule has 0 spiro atoms. The Kier molecular flexibility index (Phi) is 7.96. The number of rotatable bonds is 8. The molecule has 0 radical (unpaired) electrons. The Morgan fingerprint density at radius 3 is 2.24 bits per heavy atom. The van der Waals surface area contributed by atoms with Gasteiger partial charge in [-0.1, -0.05) is 56.5 Å². The monoisotopic (exact) mass is 346 g/mol. The molecule has 0 bridgehead atoms. The highest BCUT2D eigenvalue weighted by atomic mass is 16.6. The van der Waals surface area contributed by atoms with Gasteiger partial charge < -0.3 is 9.47 Å². The molecule has 1 aliphatic rings. The topological polar surface area (TPSA) is 52.6 Å². The van der Waals surface area contributed by atoms with Gasteiger partial charge in [0.05, 0.1) is 13.2 Å². The van der Waals surface area contributed by atoms with E-state index in [-0.39, 0.29) is 12.5 Å². The van der Waals surface area contributed by atoms with Gasteiger partial charge in [0, 0.05) is 5.92 Å². The third kappa shape index (κ3) is 5.58. The van der Waals surface area contributed by atoms with Crippen LogP contribution in [0.3, 0.4) is 0 Å². The third-order valence-electron chi connectivity index (χ3n) is 5.12. The molecule has 1 aromatic rings. The SMILES string of the molecule is CCOC(=O)C(CC)C(=O)OCC(c1ccccc1)C1CCCCC1. The van der Waals surface area contributed by atoms with Gasteiger partial charge in [0.1, 0.15) is 0 Å². The van der Waals surface area contributed by atoms with Crippen molar-refractivity contribution in [3.05, 3.63) is 35.9 Å². The van der Waals surface area contributed by atoms with Crippen LogP contribution in [-0.4, -0.2) is 25.2 Å². The van der Waals surface area contributed by atoms with Crippen molar-refractivity contribution in [1.29, 1.82) is 0 Å². The number of hydrogen-bond donors (Lipinski definition) is 0. The first-order valence-corrected chi connectivity index (χ1v) is 9.55. The van der Waals surface area contributed by atoms with E-state index in [1.165, 1.54) is 37.7 Å². The zero-order valence-corrected chi connectivity index (χ0v) is 15.4. The Morgan fingerprint density at radius 1 is 1.00 bits per heavy atom. The lowest BCUT2D eigenvalue weighted by Gasteiger charge is -2.30. The molecule has 0 aromatic heterocycles. The second kappa shape index (κ2) is 10.2. The molecule has 1 aromatic carbocycles. The van der Waals surface area contributed by atoms with E-state index in [9.17, 15) is 9.59 Å². The average molecular weight is 346 g/mol. The van der Waals surface area contributed by atoms with E-state index < -0.39 is 17.9 Å². The minimum absolute atomic E-state index is 0.199. The molecule has 2 unspecified atom stereocenters. The van der Waals surface area contributed by atoms with E-state index in [0.717, 1.165) is 0 Å². The molecule has 1 saturated carbocycles. The number of carbonyl (C=O) groups excluding carboxylic acids is 2. The van der Waals surface area contributed by atoms with Crippen LogP contribution in [-0.2, 0) is 19.1 Å². The lowest BCUT2D eigenvalue weighted by molar-refractivity contribution is -0.162. The van der Waals surface area contributed by atoms with E-state index >= 15 is 0 Å². The van der Waals surface area contributed by atoms with Gasteiger partial charge in [-0.3, -0.25) is 9.59 Å². The first-order chi connectivity index (χ1) is 12.2. The van der Waals surface area contributed by atoms with Crippen molar-refractivity contribution < 1.29 is 19.1 Å². The summed E-state index contributed by atoms with van der Waals surface area (Å²) in [7, 11) is 0.